The minimum absolute atomic E-state index is 0.359. The first-order chi connectivity index (χ1) is 8.88. The third-order valence-electron chi connectivity index (χ3n) is 4.36. The second kappa shape index (κ2) is 8.13. The molecule has 106 valence electrons. The maximum atomic E-state index is 8.72. The molecule has 1 saturated heterocycles. The van der Waals surface area contributed by atoms with Crippen molar-refractivity contribution < 1.29 is 5.11 Å². The predicted molar refractivity (Wildman–Crippen MR) is 75.7 cm³/mol. The van der Waals surface area contributed by atoms with Gasteiger partial charge in [0.1, 0.15) is 0 Å². The minimum atomic E-state index is 0.359. The third-order valence-corrected chi connectivity index (χ3v) is 4.36. The Labute approximate surface area is 112 Å². The SMILES string of the molecule is OCCCCCCN1CCC(NCC2CC2)CC1. The van der Waals surface area contributed by atoms with Gasteiger partial charge < -0.3 is 15.3 Å². The summed E-state index contributed by atoms with van der Waals surface area (Å²) in [4.78, 5) is 2.62. The Hall–Kier alpha value is -0.120. The molecule has 0 aromatic rings. The van der Waals surface area contributed by atoms with Crippen LogP contribution in [-0.2, 0) is 0 Å². The number of nitrogens with one attached hydrogen (secondary N) is 1. The van der Waals surface area contributed by atoms with E-state index in [-0.39, 0.29) is 0 Å². The molecular weight excluding hydrogens is 224 g/mol. The molecule has 2 rings (SSSR count). The molecule has 2 fully saturated rings. The number of aliphatic hydroxyl groups is 1. The van der Waals surface area contributed by atoms with E-state index in [0.29, 0.717) is 6.61 Å². The van der Waals surface area contributed by atoms with Crippen LogP contribution in [0.4, 0.5) is 0 Å². The molecule has 0 aromatic carbocycles. The van der Waals surface area contributed by atoms with Crippen LogP contribution in [0.2, 0.25) is 0 Å². The van der Waals surface area contributed by atoms with Crippen molar-refractivity contribution >= 4 is 0 Å². The van der Waals surface area contributed by atoms with Gasteiger partial charge in [0.05, 0.1) is 0 Å². The van der Waals surface area contributed by atoms with Gasteiger partial charge in [-0.15, -0.1) is 0 Å². The Morgan fingerprint density at radius 3 is 2.33 bits per heavy atom. The van der Waals surface area contributed by atoms with Crippen molar-refractivity contribution in [3.05, 3.63) is 0 Å². The molecule has 0 bridgehead atoms. The molecule has 0 radical (unpaired) electrons. The Morgan fingerprint density at radius 1 is 0.944 bits per heavy atom. The summed E-state index contributed by atoms with van der Waals surface area (Å²) in [5.74, 6) is 1.01. The fraction of sp³-hybridized carbons (Fsp3) is 1.00. The van der Waals surface area contributed by atoms with Gasteiger partial charge in [-0.05, 0) is 70.6 Å². The average molecular weight is 254 g/mol. The highest BCUT2D eigenvalue weighted by Crippen LogP contribution is 2.28. The van der Waals surface area contributed by atoms with E-state index in [1.165, 1.54) is 71.1 Å². The van der Waals surface area contributed by atoms with Crippen LogP contribution < -0.4 is 5.32 Å². The second-order valence-electron chi connectivity index (χ2n) is 6.11. The van der Waals surface area contributed by atoms with Gasteiger partial charge in [0, 0.05) is 12.6 Å². The van der Waals surface area contributed by atoms with Gasteiger partial charge in [-0.25, -0.2) is 0 Å². The Bertz CT molecular complexity index is 211. The van der Waals surface area contributed by atoms with E-state index in [4.69, 9.17) is 5.11 Å². The average Bonchev–Trinajstić information content (AvgIpc) is 3.22. The lowest BCUT2D eigenvalue weighted by Gasteiger charge is -2.32. The summed E-state index contributed by atoms with van der Waals surface area (Å²) in [5.41, 5.74) is 0. The number of rotatable bonds is 9. The lowest BCUT2D eigenvalue weighted by Crippen LogP contribution is -2.43. The molecular formula is C15H30N2O. The zero-order valence-electron chi connectivity index (χ0n) is 11.7. The number of nitrogens with zero attached hydrogens (tertiary/aromatic N) is 1. The van der Waals surface area contributed by atoms with Crippen LogP contribution in [0.15, 0.2) is 0 Å². The van der Waals surface area contributed by atoms with Crippen LogP contribution in [0.3, 0.4) is 0 Å². The fourth-order valence-corrected chi connectivity index (χ4v) is 2.82. The monoisotopic (exact) mass is 254 g/mol. The predicted octanol–water partition coefficient (Wildman–Crippen LogP) is 2.00. The van der Waals surface area contributed by atoms with Crippen LogP contribution >= 0.6 is 0 Å². The van der Waals surface area contributed by atoms with Gasteiger partial charge >= 0.3 is 0 Å². The molecule has 2 aliphatic rings. The summed E-state index contributed by atoms with van der Waals surface area (Å²) in [5, 5.41) is 12.5. The van der Waals surface area contributed by atoms with Gasteiger partial charge in [0.25, 0.3) is 0 Å². The topological polar surface area (TPSA) is 35.5 Å². The molecule has 1 aliphatic carbocycles. The maximum absolute atomic E-state index is 8.72. The maximum Gasteiger partial charge on any atom is 0.0431 e. The van der Waals surface area contributed by atoms with E-state index in [1.807, 2.05) is 0 Å². The standard InChI is InChI=1S/C15H30N2O/c18-12-4-2-1-3-9-17-10-7-15(8-11-17)16-13-14-5-6-14/h14-16,18H,1-13H2. The Kier molecular flexibility index (Phi) is 6.46. The van der Waals surface area contributed by atoms with Crippen LogP contribution in [-0.4, -0.2) is 48.8 Å². The number of piperidine rings is 1. The molecule has 1 saturated carbocycles. The van der Waals surface area contributed by atoms with E-state index in [1.54, 1.807) is 0 Å². The number of hydrogen-bond acceptors (Lipinski definition) is 3. The molecule has 1 heterocycles. The normalized spacial score (nSPS) is 22.5. The van der Waals surface area contributed by atoms with Gasteiger partial charge in [0.15, 0.2) is 0 Å². The van der Waals surface area contributed by atoms with Crippen LogP contribution in [0.5, 0.6) is 0 Å². The van der Waals surface area contributed by atoms with E-state index < -0.39 is 0 Å². The van der Waals surface area contributed by atoms with Crippen molar-refractivity contribution in [2.75, 3.05) is 32.8 Å². The van der Waals surface area contributed by atoms with Gasteiger partial charge in [-0.1, -0.05) is 12.8 Å². The fourth-order valence-electron chi connectivity index (χ4n) is 2.82. The van der Waals surface area contributed by atoms with Crippen molar-refractivity contribution in [3.8, 4) is 0 Å². The lowest BCUT2D eigenvalue weighted by molar-refractivity contribution is 0.193. The van der Waals surface area contributed by atoms with E-state index in [2.05, 4.69) is 10.2 Å². The minimum Gasteiger partial charge on any atom is -0.396 e. The summed E-state index contributed by atoms with van der Waals surface area (Å²) in [7, 11) is 0. The number of likely N-dealkylation sites (tertiary alicyclic amines) is 1. The molecule has 1 aliphatic heterocycles. The molecule has 0 amide bonds. The second-order valence-corrected chi connectivity index (χ2v) is 6.11. The third kappa shape index (κ3) is 5.68. The Morgan fingerprint density at radius 2 is 1.67 bits per heavy atom. The first kappa shape index (κ1) is 14.3. The van der Waals surface area contributed by atoms with Crippen molar-refractivity contribution in [3.63, 3.8) is 0 Å². The summed E-state index contributed by atoms with van der Waals surface area (Å²) in [6.07, 6.45) is 10.3. The highest BCUT2D eigenvalue weighted by Gasteiger charge is 2.24. The van der Waals surface area contributed by atoms with E-state index in [9.17, 15) is 0 Å². The van der Waals surface area contributed by atoms with Crippen molar-refractivity contribution in [2.24, 2.45) is 5.92 Å². The largest absolute Gasteiger partial charge is 0.396 e. The van der Waals surface area contributed by atoms with Crippen molar-refractivity contribution in [2.45, 2.75) is 57.4 Å². The molecule has 18 heavy (non-hydrogen) atoms. The van der Waals surface area contributed by atoms with Gasteiger partial charge in [-0.3, -0.25) is 0 Å². The molecule has 3 nitrogen and oxygen atoms in total. The zero-order chi connectivity index (χ0) is 12.6. The van der Waals surface area contributed by atoms with Crippen molar-refractivity contribution in [1.29, 1.82) is 0 Å². The number of hydrogen-bond donors (Lipinski definition) is 2. The smallest absolute Gasteiger partial charge is 0.0431 e. The summed E-state index contributed by atoms with van der Waals surface area (Å²) >= 11 is 0. The zero-order valence-corrected chi connectivity index (χ0v) is 11.7. The van der Waals surface area contributed by atoms with Crippen LogP contribution in [0.1, 0.15) is 51.4 Å². The summed E-state index contributed by atoms with van der Waals surface area (Å²) in [6, 6.07) is 0.788. The summed E-state index contributed by atoms with van der Waals surface area (Å²) < 4.78 is 0. The van der Waals surface area contributed by atoms with E-state index in [0.717, 1.165) is 18.4 Å². The highest BCUT2D eigenvalue weighted by molar-refractivity contribution is 4.81. The molecule has 2 N–H and O–H groups in total. The first-order valence-electron chi connectivity index (χ1n) is 7.95. The highest BCUT2D eigenvalue weighted by atomic mass is 16.2. The summed E-state index contributed by atoms with van der Waals surface area (Å²) in [6.45, 7) is 5.45. The first-order valence-corrected chi connectivity index (χ1v) is 7.95. The van der Waals surface area contributed by atoms with E-state index >= 15 is 0 Å². The quantitative estimate of drug-likeness (QED) is 0.618. The molecule has 0 unspecified atom stereocenters. The molecule has 0 aromatic heterocycles. The van der Waals surface area contributed by atoms with Gasteiger partial charge in [-0.2, -0.15) is 0 Å². The van der Waals surface area contributed by atoms with Crippen LogP contribution in [0.25, 0.3) is 0 Å². The number of aliphatic hydroxyl groups excluding tert-OH is 1. The lowest BCUT2D eigenvalue weighted by atomic mass is 10.0. The molecule has 3 heteroatoms. The Balaban J connectivity index is 1.45. The van der Waals surface area contributed by atoms with Gasteiger partial charge in [0.2, 0.25) is 0 Å². The molecule has 0 atom stereocenters. The van der Waals surface area contributed by atoms with Crippen LogP contribution in [0, 0.1) is 5.92 Å². The number of unbranched alkanes of at least 4 members (excludes halogenated alkanes) is 3. The van der Waals surface area contributed by atoms with Crippen molar-refractivity contribution in [1.82, 2.24) is 10.2 Å². The molecule has 0 spiro atoms.